The minimum absolute atomic E-state index is 0.203. The predicted molar refractivity (Wildman–Crippen MR) is 99.8 cm³/mol. The Kier molecular flexibility index (Phi) is 3.52. The second kappa shape index (κ2) is 5.59. The monoisotopic (exact) mass is 354 g/mol. The van der Waals surface area contributed by atoms with Crippen molar-refractivity contribution in [1.82, 2.24) is 0 Å². The van der Waals surface area contributed by atoms with Crippen LogP contribution in [-0.2, 0) is 12.8 Å². The van der Waals surface area contributed by atoms with Crippen molar-refractivity contribution in [2.75, 3.05) is 0 Å². The predicted octanol–water partition coefficient (Wildman–Crippen LogP) is 4.35. The minimum Gasteiger partial charge on any atom is -0.486 e. The largest absolute Gasteiger partial charge is 0.486 e. The summed E-state index contributed by atoms with van der Waals surface area (Å²) in [7, 11) is 0. The van der Waals surface area contributed by atoms with E-state index in [0.29, 0.717) is 17.9 Å². The summed E-state index contributed by atoms with van der Waals surface area (Å²) in [5, 5.41) is 12.0. The first-order valence-electron chi connectivity index (χ1n) is 9.96. The average molecular weight is 354 g/mol. The third-order valence-corrected chi connectivity index (χ3v) is 6.76. The molecule has 4 heteroatoms. The van der Waals surface area contributed by atoms with Crippen molar-refractivity contribution in [3.63, 3.8) is 0 Å². The fourth-order valence-corrected chi connectivity index (χ4v) is 5.58. The summed E-state index contributed by atoms with van der Waals surface area (Å²) in [6.07, 6.45) is 7.18. The molecule has 3 atom stereocenters. The van der Waals surface area contributed by atoms with Crippen molar-refractivity contribution in [2.24, 2.45) is 5.92 Å². The van der Waals surface area contributed by atoms with Gasteiger partial charge in [0.25, 0.3) is 0 Å². The Morgan fingerprint density at radius 2 is 2.00 bits per heavy atom. The molecule has 2 heterocycles. The maximum Gasteiger partial charge on any atom is 0.339 e. The third-order valence-electron chi connectivity index (χ3n) is 6.76. The Hall–Kier alpha value is -1.81. The van der Waals surface area contributed by atoms with Crippen molar-refractivity contribution in [2.45, 2.75) is 76.9 Å². The lowest BCUT2D eigenvalue weighted by atomic mass is 9.73. The SMILES string of the molecule is Cc1c2c(cc3c4c(c(=O)oc13)CCC4)[C@@H](O)C[C@]1(CCC[C@@H](C)C1)O2. The summed E-state index contributed by atoms with van der Waals surface area (Å²) in [5.41, 5.74) is 3.82. The summed E-state index contributed by atoms with van der Waals surface area (Å²) in [6.45, 7) is 4.23. The molecule has 0 amide bonds. The van der Waals surface area contributed by atoms with Gasteiger partial charge in [-0.2, -0.15) is 0 Å². The molecule has 3 aliphatic rings. The van der Waals surface area contributed by atoms with Gasteiger partial charge >= 0.3 is 5.63 Å². The molecule has 1 N–H and O–H groups in total. The van der Waals surface area contributed by atoms with E-state index in [2.05, 4.69) is 6.92 Å². The molecule has 138 valence electrons. The van der Waals surface area contributed by atoms with Crippen LogP contribution in [0, 0.1) is 12.8 Å². The lowest BCUT2D eigenvalue weighted by molar-refractivity contribution is -0.0499. The van der Waals surface area contributed by atoms with Crippen LogP contribution in [0.3, 0.4) is 0 Å². The van der Waals surface area contributed by atoms with E-state index in [0.717, 1.165) is 71.9 Å². The molecule has 1 aromatic carbocycles. The third kappa shape index (κ3) is 2.27. The van der Waals surface area contributed by atoms with Crippen molar-refractivity contribution >= 4 is 11.0 Å². The van der Waals surface area contributed by atoms with Gasteiger partial charge in [0, 0.05) is 28.5 Å². The molecule has 5 rings (SSSR count). The standard InChI is InChI=1S/C22H26O4/c1-12-5-4-8-22(10-12)11-18(23)17-9-16-14-6-3-7-15(14)21(24)25-19(16)13(2)20(17)26-22/h9,12,18,23H,3-8,10-11H2,1-2H3/t12-,18+,22-/m1/s1. The van der Waals surface area contributed by atoms with E-state index in [1.165, 1.54) is 6.42 Å². The normalized spacial score (nSPS) is 30.3. The van der Waals surface area contributed by atoms with Crippen LogP contribution in [0.4, 0.5) is 0 Å². The lowest BCUT2D eigenvalue weighted by Crippen LogP contribution is -2.44. The van der Waals surface area contributed by atoms with Crippen molar-refractivity contribution in [3.05, 3.63) is 38.7 Å². The van der Waals surface area contributed by atoms with Crippen LogP contribution < -0.4 is 10.4 Å². The van der Waals surface area contributed by atoms with Gasteiger partial charge in [-0.25, -0.2) is 4.79 Å². The highest BCUT2D eigenvalue weighted by molar-refractivity contribution is 5.88. The Morgan fingerprint density at radius 3 is 2.81 bits per heavy atom. The molecule has 2 aromatic rings. The summed E-state index contributed by atoms with van der Waals surface area (Å²) < 4.78 is 12.3. The highest BCUT2D eigenvalue weighted by atomic mass is 16.5. The summed E-state index contributed by atoms with van der Waals surface area (Å²) in [5.74, 6) is 1.35. The number of ether oxygens (including phenoxy) is 1. The van der Waals surface area contributed by atoms with Gasteiger partial charge in [-0.05, 0) is 63.0 Å². The number of hydrogen-bond donors (Lipinski definition) is 1. The number of aliphatic hydroxyl groups excluding tert-OH is 1. The fourth-order valence-electron chi connectivity index (χ4n) is 5.58. The van der Waals surface area contributed by atoms with Gasteiger partial charge in [0.15, 0.2) is 0 Å². The smallest absolute Gasteiger partial charge is 0.339 e. The molecule has 1 fully saturated rings. The van der Waals surface area contributed by atoms with E-state index < -0.39 is 6.10 Å². The first kappa shape index (κ1) is 16.4. The van der Waals surface area contributed by atoms with Gasteiger partial charge in [-0.1, -0.05) is 13.3 Å². The first-order valence-corrected chi connectivity index (χ1v) is 9.96. The average Bonchev–Trinajstić information content (AvgIpc) is 3.08. The van der Waals surface area contributed by atoms with Crippen LogP contribution in [-0.4, -0.2) is 10.7 Å². The molecule has 0 bridgehead atoms. The van der Waals surface area contributed by atoms with E-state index in [1.54, 1.807) is 0 Å². The number of fused-ring (bicyclic) bond motifs is 4. The molecule has 4 nitrogen and oxygen atoms in total. The number of benzene rings is 1. The summed E-state index contributed by atoms with van der Waals surface area (Å²) in [6, 6.07) is 2.02. The van der Waals surface area contributed by atoms with Gasteiger partial charge in [-0.3, -0.25) is 0 Å². The van der Waals surface area contributed by atoms with Crippen LogP contribution in [0.1, 0.15) is 73.8 Å². The van der Waals surface area contributed by atoms with Crippen LogP contribution in [0.5, 0.6) is 5.75 Å². The van der Waals surface area contributed by atoms with Crippen LogP contribution >= 0.6 is 0 Å². The zero-order chi connectivity index (χ0) is 18.1. The molecule has 2 aliphatic carbocycles. The van der Waals surface area contributed by atoms with E-state index in [4.69, 9.17) is 9.15 Å². The van der Waals surface area contributed by atoms with Crippen LogP contribution in [0.2, 0.25) is 0 Å². The Labute approximate surface area is 153 Å². The minimum atomic E-state index is -0.517. The fraction of sp³-hybridized carbons (Fsp3) is 0.591. The molecular formula is C22H26O4. The maximum absolute atomic E-state index is 12.4. The molecule has 1 aliphatic heterocycles. The Balaban J connectivity index is 1.71. The molecule has 1 aromatic heterocycles. The van der Waals surface area contributed by atoms with Gasteiger partial charge in [0.1, 0.15) is 16.9 Å². The second-order valence-electron chi connectivity index (χ2n) is 8.70. The van der Waals surface area contributed by atoms with Crippen LogP contribution in [0.25, 0.3) is 11.0 Å². The molecule has 0 saturated heterocycles. The maximum atomic E-state index is 12.4. The molecular weight excluding hydrogens is 328 g/mol. The first-order chi connectivity index (χ1) is 12.5. The van der Waals surface area contributed by atoms with E-state index in [1.807, 2.05) is 13.0 Å². The van der Waals surface area contributed by atoms with Gasteiger partial charge in [0.2, 0.25) is 0 Å². The quantitative estimate of drug-likeness (QED) is 0.714. The molecule has 0 unspecified atom stereocenters. The molecule has 0 radical (unpaired) electrons. The topological polar surface area (TPSA) is 59.7 Å². The number of hydrogen-bond acceptors (Lipinski definition) is 4. The molecule has 1 saturated carbocycles. The zero-order valence-electron chi connectivity index (χ0n) is 15.6. The van der Waals surface area contributed by atoms with Gasteiger partial charge < -0.3 is 14.3 Å². The Morgan fingerprint density at radius 1 is 1.19 bits per heavy atom. The highest BCUT2D eigenvalue weighted by Gasteiger charge is 2.44. The zero-order valence-corrected chi connectivity index (χ0v) is 15.6. The lowest BCUT2D eigenvalue weighted by Gasteiger charge is -2.45. The summed E-state index contributed by atoms with van der Waals surface area (Å²) >= 11 is 0. The number of aliphatic hydroxyl groups is 1. The summed E-state index contributed by atoms with van der Waals surface area (Å²) in [4.78, 5) is 12.4. The van der Waals surface area contributed by atoms with E-state index in [9.17, 15) is 9.90 Å². The van der Waals surface area contributed by atoms with Crippen molar-refractivity contribution in [1.29, 1.82) is 0 Å². The van der Waals surface area contributed by atoms with Crippen molar-refractivity contribution in [3.8, 4) is 5.75 Å². The van der Waals surface area contributed by atoms with Crippen LogP contribution in [0.15, 0.2) is 15.3 Å². The Bertz CT molecular complexity index is 957. The molecule has 1 spiro atoms. The number of rotatable bonds is 0. The number of aryl methyl sites for hydroxylation is 2. The second-order valence-corrected chi connectivity index (χ2v) is 8.70. The van der Waals surface area contributed by atoms with Gasteiger partial charge in [0.05, 0.1) is 6.10 Å². The van der Waals surface area contributed by atoms with Crippen molar-refractivity contribution < 1.29 is 14.3 Å². The van der Waals surface area contributed by atoms with Gasteiger partial charge in [-0.15, -0.1) is 0 Å². The highest BCUT2D eigenvalue weighted by Crippen LogP contribution is 2.50. The van der Waals surface area contributed by atoms with E-state index in [-0.39, 0.29) is 11.2 Å². The molecule has 26 heavy (non-hydrogen) atoms. The van der Waals surface area contributed by atoms with E-state index >= 15 is 0 Å².